The molecule has 0 saturated heterocycles. The maximum absolute atomic E-state index is 13.0. The first kappa shape index (κ1) is 18.7. The minimum absolute atomic E-state index is 0.0403. The Morgan fingerprint density at radius 3 is 2.44 bits per heavy atom. The minimum Gasteiger partial charge on any atom is -0.375 e. The summed E-state index contributed by atoms with van der Waals surface area (Å²) in [5.41, 5.74) is 8.63. The number of halogens is 3. The Balaban J connectivity index is 2.39. The minimum atomic E-state index is -4.45. The number of nitrogens with two attached hydrogens (primary N) is 1. The van der Waals surface area contributed by atoms with Crippen molar-refractivity contribution in [2.45, 2.75) is 6.18 Å². The van der Waals surface area contributed by atoms with Crippen LogP contribution in [0.25, 0.3) is 11.1 Å². The van der Waals surface area contributed by atoms with E-state index in [1.165, 1.54) is 6.21 Å². The predicted molar refractivity (Wildman–Crippen MR) is 96.5 cm³/mol. The molecular formula is C16H16F3N5S. The number of hydrogen-bond acceptors (Lipinski definition) is 4. The molecule has 0 aliphatic heterocycles. The molecule has 0 amide bonds. The van der Waals surface area contributed by atoms with Crippen molar-refractivity contribution in [1.82, 2.24) is 10.4 Å². The van der Waals surface area contributed by atoms with E-state index in [1.54, 1.807) is 43.3 Å². The maximum Gasteiger partial charge on any atom is 0.417 e. The van der Waals surface area contributed by atoms with Crippen LogP contribution >= 0.6 is 12.2 Å². The van der Waals surface area contributed by atoms with Gasteiger partial charge in [0.1, 0.15) is 5.82 Å². The van der Waals surface area contributed by atoms with Crippen molar-refractivity contribution in [2.75, 3.05) is 19.0 Å². The first-order chi connectivity index (χ1) is 11.7. The SMILES string of the molecule is CN(C)c1ncc(C(F)(F)F)cc1-c1ccc(C=NNC(N)=S)cc1. The van der Waals surface area contributed by atoms with Crippen LogP contribution in [0.1, 0.15) is 11.1 Å². The summed E-state index contributed by atoms with van der Waals surface area (Å²) < 4.78 is 39.0. The number of aromatic nitrogens is 1. The molecule has 1 heterocycles. The van der Waals surface area contributed by atoms with Crippen LogP contribution in [0.4, 0.5) is 19.0 Å². The van der Waals surface area contributed by atoms with Gasteiger partial charge in [-0.1, -0.05) is 24.3 Å². The summed E-state index contributed by atoms with van der Waals surface area (Å²) in [6.07, 6.45) is -2.12. The Kier molecular flexibility index (Phi) is 5.58. The van der Waals surface area contributed by atoms with Gasteiger partial charge in [-0.2, -0.15) is 18.3 Å². The lowest BCUT2D eigenvalue weighted by molar-refractivity contribution is -0.137. The number of rotatable bonds is 4. The summed E-state index contributed by atoms with van der Waals surface area (Å²) in [6.45, 7) is 0. The molecule has 2 aromatic rings. The first-order valence-electron chi connectivity index (χ1n) is 7.12. The van der Waals surface area contributed by atoms with Crippen molar-refractivity contribution >= 4 is 29.4 Å². The lowest BCUT2D eigenvalue weighted by Crippen LogP contribution is -2.23. The number of benzene rings is 1. The van der Waals surface area contributed by atoms with Crippen LogP contribution in [0, 0.1) is 0 Å². The summed E-state index contributed by atoms with van der Waals surface area (Å²) in [5.74, 6) is 0.449. The average Bonchev–Trinajstić information content (AvgIpc) is 2.53. The molecule has 0 aliphatic carbocycles. The average molecular weight is 367 g/mol. The molecule has 9 heteroatoms. The van der Waals surface area contributed by atoms with Gasteiger partial charge in [-0.25, -0.2) is 4.98 Å². The highest BCUT2D eigenvalue weighted by atomic mass is 32.1. The van der Waals surface area contributed by atoms with Gasteiger partial charge in [0, 0.05) is 25.9 Å². The molecule has 1 aromatic heterocycles. The van der Waals surface area contributed by atoms with E-state index in [9.17, 15) is 13.2 Å². The van der Waals surface area contributed by atoms with Crippen LogP contribution in [0.3, 0.4) is 0 Å². The summed E-state index contributed by atoms with van der Waals surface area (Å²) in [7, 11) is 3.45. The fraction of sp³-hybridized carbons (Fsp3) is 0.188. The summed E-state index contributed by atoms with van der Waals surface area (Å²) in [4.78, 5) is 5.62. The van der Waals surface area contributed by atoms with E-state index in [1.807, 2.05) is 0 Å². The molecule has 0 spiro atoms. The van der Waals surface area contributed by atoms with Gasteiger partial charge < -0.3 is 10.6 Å². The van der Waals surface area contributed by atoms with Crippen LogP contribution in [0.5, 0.6) is 0 Å². The zero-order valence-corrected chi connectivity index (χ0v) is 14.3. The third-order valence-corrected chi connectivity index (χ3v) is 3.32. The van der Waals surface area contributed by atoms with Crippen molar-refractivity contribution in [3.63, 3.8) is 0 Å². The fourth-order valence-electron chi connectivity index (χ4n) is 2.10. The van der Waals surface area contributed by atoms with E-state index >= 15 is 0 Å². The zero-order chi connectivity index (χ0) is 18.6. The summed E-state index contributed by atoms with van der Waals surface area (Å²) in [5, 5.41) is 3.87. The molecule has 0 unspecified atom stereocenters. The second kappa shape index (κ2) is 7.47. The predicted octanol–water partition coefficient (Wildman–Crippen LogP) is 3.00. The Labute approximate surface area is 148 Å². The van der Waals surface area contributed by atoms with Gasteiger partial charge in [-0.05, 0) is 29.4 Å². The number of alkyl halides is 3. The highest BCUT2D eigenvalue weighted by Crippen LogP contribution is 2.35. The normalized spacial score (nSPS) is 11.6. The molecular weight excluding hydrogens is 351 g/mol. The Hall–Kier alpha value is -2.68. The second-order valence-electron chi connectivity index (χ2n) is 5.34. The quantitative estimate of drug-likeness (QED) is 0.494. The number of thiocarbonyl (C=S) groups is 1. The van der Waals surface area contributed by atoms with E-state index in [4.69, 9.17) is 5.73 Å². The van der Waals surface area contributed by atoms with E-state index in [0.717, 1.165) is 17.8 Å². The number of hydrogen-bond donors (Lipinski definition) is 2. The van der Waals surface area contributed by atoms with Crippen molar-refractivity contribution in [2.24, 2.45) is 10.8 Å². The van der Waals surface area contributed by atoms with E-state index in [0.29, 0.717) is 16.9 Å². The van der Waals surface area contributed by atoms with E-state index in [2.05, 4.69) is 27.7 Å². The lowest BCUT2D eigenvalue weighted by Gasteiger charge is -2.18. The van der Waals surface area contributed by atoms with Crippen molar-refractivity contribution in [1.29, 1.82) is 0 Å². The molecule has 0 aliphatic rings. The van der Waals surface area contributed by atoms with Crippen molar-refractivity contribution < 1.29 is 13.2 Å². The standard InChI is InChI=1S/C16H16F3N5S/c1-24(2)14-13(7-12(9-21-14)16(17,18)19)11-5-3-10(4-6-11)8-22-23-15(20)25/h3-9H,1-2H3,(H3,20,23,25). The van der Waals surface area contributed by atoms with Gasteiger partial charge in [-0.15, -0.1) is 0 Å². The second-order valence-corrected chi connectivity index (χ2v) is 5.78. The van der Waals surface area contributed by atoms with Gasteiger partial charge in [0.05, 0.1) is 11.8 Å². The lowest BCUT2D eigenvalue weighted by atomic mass is 10.0. The van der Waals surface area contributed by atoms with Gasteiger partial charge in [0.15, 0.2) is 5.11 Å². The molecule has 0 atom stereocenters. The highest BCUT2D eigenvalue weighted by molar-refractivity contribution is 7.80. The molecule has 3 N–H and O–H groups in total. The molecule has 0 saturated carbocycles. The first-order valence-corrected chi connectivity index (χ1v) is 7.53. The molecule has 0 bridgehead atoms. The molecule has 1 aromatic carbocycles. The van der Waals surface area contributed by atoms with Crippen molar-refractivity contribution in [3.8, 4) is 11.1 Å². The fourth-order valence-corrected chi connectivity index (χ4v) is 2.15. The van der Waals surface area contributed by atoms with Gasteiger partial charge >= 0.3 is 6.18 Å². The number of nitrogens with one attached hydrogen (secondary N) is 1. The molecule has 0 radical (unpaired) electrons. The number of nitrogens with zero attached hydrogens (tertiary/aromatic N) is 3. The van der Waals surface area contributed by atoms with Crippen LogP contribution in [0.2, 0.25) is 0 Å². The Morgan fingerprint density at radius 1 is 1.28 bits per heavy atom. The highest BCUT2D eigenvalue weighted by Gasteiger charge is 2.32. The zero-order valence-electron chi connectivity index (χ0n) is 13.5. The molecule has 25 heavy (non-hydrogen) atoms. The number of hydrazone groups is 1. The Bertz CT molecular complexity index is 785. The van der Waals surface area contributed by atoms with Crippen LogP contribution < -0.4 is 16.1 Å². The molecule has 0 fully saturated rings. The topological polar surface area (TPSA) is 66.5 Å². The molecule has 132 valence electrons. The summed E-state index contributed by atoms with van der Waals surface area (Å²) >= 11 is 4.63. The van der Waals surface area contributed by atoms with Crippen LogP contribution in [0.15, 0.2) is 41.6 Å². The van der Waals surface area contributed by atoms with Crippen molar-refractivity contribution in [3.05, 3.63) is 47.7 Å². The third-order valence-electron chi connectivity index (χ3n) is 3.23. The van der Waals surface area contributed by atoms with Gasteiger partial charge in [0.2, 0.25) is 0 Å². The molecule has 5 nitrogen and oxygen atoms in total. The number of anilines is 1. The third kappa shape index (κ3) is 4.90. The number of pyridine rings is 1. The summed E-state index contributed by atoms with van der Waals surface area (Å²) in [6, 6.07) is 7.94. The van der Waals surface area contributed by atoms with Crippen LogP contribution in [-0.2, 0) is 6.18 Å². The maximum atomic E-state index is 13.0. The van der Waals surface area contributed by atoms with Gasteiger partial charge in [0.25, 0.3) is 0 Å². The van der Waals surface area contributed by atoms with Crippen LogP contribution in [-0.4, -0.2) is 30.4 Å². The Morgan fingerprint density at radius 2 is 1.92 bits per heavy atom. The largest absolute Gasteiger partial charge is 0.417 e. The smallest absolute Gasteiger partial charge is 0.375 e. The molecule has 2 rings (SSSR count). The van der Waals surface area contributed by atoms with E-state index < -0.39 is 11.7 Å². The van der Waals surface area contributed by atoms with Gasteiger partial charge in [-0.3, -0.25) is 5.43 Å². The monoisotopic (exact) mass is 367 g/mol. The van der Waals surface area contributed by atoms with E-state index in [-0.39, 0.29) is 5.11 Å².